The number of hydrogen-bond donors (Lipinski definition) is 0. The van der Waals surface area contributed by atoms with Gasteiger partial charge in [-0.1, -0.05) is 23.9 Å². The van der Waals surface area contributed by atoms with Gasteiger partial charge in [0.05, 0.1) is 17.5 Å². The van der Waals surface area contributed by atoms with Crippen LogP contribution in [-0.2, 0) is 25.8 Å². The molecule has 1 aromatic carbocycles. The molecule has 0 radical (unpaired) electrons. The first-order valence-corrected chi connectivity index (χ1v) is 11.7. The molecule has 0 aromatic heterocycles. The number of carbonyl (C=O) groups excluding carboxylic acids is 1. The van der Waals surface area contributed by atoms with Gasteiger partial charge in [-0.3, -0.25) is 4.79 Å². The first-order chi connectivity index (χ1) is 12.9. The van der Waals surface area contributed by atoms with Crippen molar-refractivity contribution < 1.29 is 22.3 Å². The number of sulfone groups is 1. The summed E-state index contributed by atoms with van der Waals surface area (Å²) in [6.45, 7) is 1.11. The summed E-state index contributed by atoms with van der Waals surface area (Å²) in [6.07, 6.45) is 1.67. The number of thioether (sulfide) groups is 1. The van der Waals surface area contributed by atoms with Crippen LogP contribution in [0.15, 0.2) is 29.3 Å². The molecule has 146 valence electrons. The van der Waals surface area contributed by atoms with Gasteiger partial charge in [0, 0.05) is 18.4 Å². The second kappa shape index (κ2) is 7.52. The maximum Gasteiger partial charge on any atom is 0.277 e. The van der Waals surface area contributed by atoms with Gasteiger partial charge in [0.15, 0.2) is 15.0 Å². The van der Waals surface area contributed by atoms with Gasteiger partial charge in [-0.05, 0) is 37.0 Å². The maximum absolute atomic E-state index is 13.1. The van der Waals surface area contributed by atoms with Gasteiger partial charge in [-0.15, -0.1) is 0 Å². The van der Waals surface area contributed by atoms with Crippen LogP contribution in [0, 0.1) is 5.82 Å². The highest BCUT2D eigenvalue weighted by atomic mass is 32.2. The molecule has 1 aromatic rings. The average Bonchev–Trinajstić information content (AvgIpc) is 3.30. The van der Waals surface area contributed by atoms with E-state index in [-0.39, 0.29) is 34.5 Å². The van der Waals surface area contributed by atoms with Gasteiger partial charge in [-0.25, -0.2) is 12.8 Å². The molecule has 0 aliphatic carbocycles. The summed E-state index contributed by atoms with van der Waals surface area (Å²) in [5.41, 5.74) is 0.954. The molecular weight excluding hydrogens is 391 g/mol. The number of amides is 1. The van der Waals surface area contributed by atoms with Crippen molar-refractivity contribution in [1.82, 2.24) is 4.90 Å². The Bertz CT molecular complexity index is 851. The molecule has 3 heterocycles. The minimum absolute atomic E-state index is 0.0845. The SMILES string of the molecule is O=C(N=C1S[C@@H]2CS(=O)(=O)C[C@H]2N1CCc1ccc(F)cc1)[C@@H]1CCCO1. The smallest absolute Gasteiger partial charge is 0.277 e. The molecule has 3 aliphatic heterocycles. The second-order valence-corrected chi connectivity index (χ2v) is 10.5. The molecule has 0 saturated carbocycles. The molecule has 0 unspecified atom stereocenters. The minimum atomic E-state index is -3.07. The quantitative estimate of drug-likeness (QED) is 0.749. The van der Waals surface area contributed by atoms with Crippen LogP contribution in [0.2, 0.25) is 0 Å². The number of aliphatic imine (C=N–C) groups is 1. The van der Waals surface area contributed by atoms with E-state index >= 15 is 0 Å². The van der Waals surface area contributed by atoms with E-state index in [0.29, 0.717) is 31.2 Å². The molecule has 0 N–H and O–H groups in total. The van der Waals surface area contributed by atoms with Gasteiger partial charge in [0.2, 0.25) is 0 Å². The predicted octanol–water partition coefficient (Wildman–Crippen LogP) is 1.64. The fraction of sp³-hybridized carbons (Fsp3) is 0.556. The van der Waals surface area contributed by atoms with E-state index in [4.69, 9.17) is 4.74 Å². The molecular formula is C18H21FN2O4S2. The second-order valence-electron chi connectivity index (χ2n) is 7.10. The summed E-state index contributed by atoms with van der Waals surface area (Å²) in [5, 5.41) is 0.488. The van der Waals surface area contributed by atoms with E-state index in [1.807, 2.05) is 4.90 Å². The predicted molar refractivity (Wildman–Crippen MR) is 102 cm³/mol. The first-order valence-electron chi connectivity index (χ1n) is 9.03. The third-order valence-corrected chi connectivity index (χ3v) is 8.39. The zero-order valence-electron chi connectivity index (χ0n) is 14.7. The third-order valence-electron chi connectivity index (χ3n) is 5.14. The van der Waals surface area contributed by atoms with Gasteiger partial charge in [-0.2, -0.15) is 4.99 Å². The molecule has 4 rings (SSSR count). The van der Waals surface area contributed by atoms with Gasteiger partial charge in [0.25, 0.3) is 5.91 Å². The van der Waals surface area contributed by atoms with Crippen molar-refractivity contribution in [3.05, 3.63) is 35.6 Å². The van der Waals surface area contributed by atoms with Crippen molar-refractivity contribution in [3.63, 3.8) is 0 Å². The Morgan fingerprint density at radius 2 is 2.07 bits per heavy atom. The number of rotatable bonds is 4. The Morgan fingerprint density at radius 1 is 1.30 bits per heavy atom. The summed E-state index contributed by atoms with van der Waals surface area (Å²) in [5.74, 6) is -0.379. The maximum atomic E-state index is 13.1. The topological polar surface area (TPSA) is 76.0 Å². The normalized spacial score (nSPS) is 30.8. The fourth-order valence-electron chi connectivity index (χ4n) is 3.74. The van der Waals surface area contributed by atoms with Crippen molar-refractivity contribution in [1.29, 1.82) is 0 Å². The van der Waals surface area contributed by atoms with Crippen LogP contribution >= 0.6 is 11.8 Å². The summed E-state index contributed by atoms with van der Waals surface area (Å²) < 4.78 is 42.6. The van der Waals surface area contributed by atoms with Gasteiger partial charge >= 0.3 is 0 Å². The van der Waals surface area contributed by atoms with Crippen molar-refractivity contribution in [2.24, 2.45) is 4.99 Å². The molecule has 3 atom stereocenters. The van der Waals surface area contributed by atoms with Crippen LogP contribution in [0.25, 0.3) is 0 Å². The van der Waals surface area contributed by atoms with Crippen LogP contribution < -0.4 is 0 Å². The molecule has 3 aliphatic rings. The highest BCUT2D eigenvalue weighted by Gasteiger charge is 2.48. The lowest BCUT2D eigenvalue weighted by atomic mass is 10.1. The van der Waals surface area contributed by atoms with Crippen molar-refractivity contribution in [2.45, 2.75) is 36.7 Å². The van der Waals surface area contributed by atoms with Gasteiger partial charge < -0.3 is 9.64 Å². The third kappa shape index (κ3) is 4.20. The molecule has 3 fully saturated rings. The monoisotopic (exact) mass is 412 g/mol. The van der Waals surface area contributed by atoms with Crippen molar-refractivity contribution in [3.8, 4) is 0 Å². The lowest BCUT2D eigenvalue weighted by Gasteiger charge is -2.24. The average molecular weight is 413 g/mol. The molecule has 0 spiro atoms. The zero-order chi connectivity index (χ0) is 19.0. The van der Waals surface area contributed by atoms with Crippen molar-refractivity contribution in [2.75, 3.05) is 24.7 Å². The Labute approximate surface area is 162 Å². The van der Waals surface area contributed by atoms with E-state index in [0.717, 1.165) is 12.0 Å². The number of ether oxygens (including phenoxy) is 1. The molecule has 1 amide bonds. The largest absolute Gasteiger partial charge is 0.368 e. The Hall–Kier alpha value is -1.45. The van der Waals surface area contributed by atoms with Crippen LogP contribution in [0.1, 0.15) is 18.4 Å². The lowest BCUT2D eigenvalue weighted by Crippen LogP contribution is -2.39. The number of amidine groups is 1. The highest BCUT2D eigenvalue weighted by molar-refractivity contribution is 8.15. The number of nitrogens with zero attached hydrogens (tertiary/aromatic N) is 2. The Balaban J connectivity index is 1.52. The van der Waals surface area contributed by atoms with E-state index in [1.54, 1.807) is 12.1 Å². The van der Waals surface area contributed by atoms with E-state index < -0.39 is 15.9 Å². The summed E-state index contributed by atoms with van der Waals surface area (Å²) in [7, 11) is -3.07. The van der Waals surface area contributed by atoms with Crippen LogP contribution in [0.4, 0.5) is 4.39 Å². The summed E-state index contributed by atoms with van der Waals surface area (Å²) in [6, 6.07) is 6.09. The lowest BCUT2D eigenvalue weighted by molar-refractivity contribution is -0.126. The van der Waals surface area contributed by atoms with Crippen molar-refractivity contribution >= 4 is 32.7 Å². The van der Waals surface area contributed by atoms with Crippen LogP contribution in [0.5, 0.6) is 0 Å². The standard InChI is InChI=1S/C18H21FN2O4S2/c19-13-5-3-12(4-6-13)7-8-21-14-10-27(23,24)11-16(14)26-18(21)20-17(22)15-2-1-9-25-15/h3-6,14-16H,1-2,7-11H2/t14-,15+,16-/m1/s1. The van der Waals surface area contributed by atoms with Crippen LogP contribution in [0.3, 0.4) is 0 Å². The number of benzene rings is 1. The molecule has 3 saturated heterocycles. The number of hydrogen-bond acceptors (Lipinski definition) is 5. The first kappa shape index (κ1) is 18.9. The van der Waals surface area contributed by atoms with Gasteiger partial charge in [0.1, 0.15) is 11.9 Å². The summed E-state index contributed by atoms with van der Waals surface area (Å²) >= 11 is 1.38. The Kier molecular flexibility index (Phi) is 5.26. The number of carbonyl (C=O) groups is 1. The van der Waals surface area contributed by atoms with E-state index in [1.165, 1.54) is 23.9 Å². The number of halogens is 1. The van der Waals surface area contributed by atoms with Crippen LogP contribution in [-0.4, -0.2) is 66.4 Å². The highest BCUT2D eigenvalue weighted by Crippen LogP contribution is 2.38. The molecule has 27 heavy (non-hydrogen) atoms. The minimum Gasteiger partial charge on any atom is -0.368 e. The molecule has 0 bridgehead atoms. The fourth-order valence-corrected chi connectivity index (χ4v) is 7.72. The summed E-state index contributed by atoms with van der Waals surface area (Å²) in [4.78, 5) is 18.6. The number of fused-ring (bicyclic) bond motifs is 1. The Morgan fingerprint density at radius 3 is 2.78 bits per heavy atom. The van der Waals surface area contributed by atoms with E-state index in [9.17, 15) is 17.6 Å². The molecule has 6 nitrogen and oxygen atoms in total. The molecule has 9 heteroatoms. The zero-order valence-corrected chi connectivity index (χ0v) is 16.3. The van der Waals surface area contributed by atoms with E-state index in [2.05, 4.69) is 4.99 Å².